The number of methoxy groups -OCH3 is 1. The van der Waals surface area contributed by atoms with E-state index in [1.807, 2.05) is 0 Å². The van der Waals surface area contributed by atoms with E-state index in [-0.39, 0.29) is 24.4 Å². The second-order valence-corrected chi connectivity index (χ2v) is 3.56. The topological polar surface area (TPSA) is 72.5 Å². The molecule has 1 aromatic rings. The summed E-state index contributed by atoms with van der Waals surface area (Å²) < 4.78 is 17.4. The number of ether oxygens (including phenoxy) is 1. The van der Waals surface area contributed by atoms with Gasteiger partial charge in [-0.05, 0) is 6.07 Å². The number of benzene rings is 1. The average Bonchev–Trinajstić information content (AvgIpc) is 2.25. The largest absolute Gasteiger partial charge is 0.506 e. The summed E-state index contributed by atoms with van der Waals surface area (Å²) in [7, 11) is 1.23. The third kappa shape index (κ3) is 3.73. The van der Waals surface area contributed by atoms with Gasteiger partial charge in [0.2, 0.25) is 0 Å². The molecule has 0 unspecified atom stereocenters. The van der Waals surface area contributed by atoms with Crippen molar-refractivity contribution in [3.05, 3.63) is 28.5 Å². The molecule has 0 aliphatic carbocycles. The molecule has 0 aliphatic rings. The van der Waals surface area contributed by atoms with Gasteiger partial charge < -0.3 is 15.6 Å². The SMILES string of the molecule is COC(=O)C[C@@H](N)c1ccc(F)c(Cl)c1O.Cl. The molecule has 1 rings (SSSR count). The number of hydrogen-bond acceptors (Lipinski definition) is 4. The highest BCUT2D eigenvalue weighted by molar-refractivity contribution is 6.32. The first-order valence-corrected chi connectivity index (χ1v) is 4.84. The molecule has 0 aromatic heterocycles. The van der Waals surface area contributed by atoms with Crippen molar-refractivity contribution in [1.29, 1.82) is 0 Å². The zero-order valence-electron chi connectivity index (χ0n) is 8.94. The number of carbonyl (C=O) groups excluding carboxylic acids is 1. The Labute approximate surface area is 109 Å². The normalized spacial score (nSPS) is 11.5. The fourth-order valence-electron chi connectivity index (χ4n) is 1.23. The Kier molecular flexibility index (Phi) is 6.23. The van der Waals surface area contributed by atoms with Crippen LogP contribution in [0.3, 0.4) is 0 Å². The lowest BCUT2D eigenvalue weighted by molar-refractivity contribution is -0.141. The van der Waals surface area contributed by atoms with Gasteiger partial charge in [0.25, 0.3) is 0 Å². The predicted octanol–water partition coefficient (Wildman–Crippen LogP) is 2.17. The number of phenolic OH excluding ortho intramolecular Hbond substituents is 1. The zero-order chi connectivity index (χ0) is 12.3. The summed E-state index contributed by atoms with van der Waals surface area (Å²) in [6.07, 6.45) is -0.119. The van der Waals surface area contributed by atoms with Crippen LogP contribution in [0.25, 0.3) is 0 Å². The fraction of sp³-hybridized carbons (Fsp3) is 0.300. The van der Waals surface area contributed by atoms with Crippen LogP contribution in [0.4, 0.5) is 4.39 Å². The van der Waals surface area contributed by atoms with Crippen LogP contribution in [-0.2, 0) is 9.53 Å². The van der Waals surface area contributed by atoms with E-state index in [2.05, 4.69) is 4.74 Å². The Morgan fingerprint density at radius 2 is 2.24 bits per heavy atom. The number of halogens is 3. The molecular formula is C10H12Cl2FNO3. The van der Waals surface area contributed by atoms with Crippen LogP contribution in [0.5, 0.6) is 5.75 Å². The highest BCUT2D eigenvalue weighted by Crippen LogP contribution is 2.33. The summed E-state index contributed by atoms with van der Waals surface area (Å²) in [4.78, 5) is 11.0. The predicted molar refractivity (Wildman–Crippen MR) is 63.9 cm³/mol. The molecule has 17 heavy (non-hydrogen) atoms. The maximum atomic E-state index is 12.9. The van der Waals surface area contributed by atoms with E-state index in [1.54, 1.807) is 0 Å². The number of carbonyl (C=O) groups is 1. The first kappa shape index (κ1) is 16.0. The van der Waals surface area contributed by atoms with Crippen molar-refractivity contribution in [2.75, 3.05) is 7.11 Å². The monoisotopic (exact) mass is 283 g/mol. The Balaban J connectivity index is 0.00000256. The third-order valence-electron chi connectivity index (χ3n) is 2.11. The van der Waals surface area contributed by atoms with Crippen molar-refractivity contribution < 1.29 is 19.0 Å². The standard InChI is InChI=1S/C10H11ClFNO3.ClH/c1-16-8(14)4-7(13)5-2-3-6(12)9(11)10(5)15;/h2-3,7,15H,4,13H2,1H3;1H/t7-;/m1./s1. The smallest absolute Gasteiger partial charge is 0.307 e. The second-order valence-electron chi connectivity index (χ2n) is 3.19. The van der Waals surface area contributed by atoms with Gasteiger partial charge in [-0.3, -0.25) is 4.79 Å². The summed E-state index contributed by atoms with van der Waals surface area (Å²) in [5, 5.41) is 9.13. The fourth-order valence-corrected chi connectivity index (χ4v) is 1.40. The molecule has 0 radical (unpaired) electrons. The van der Waals surface area contributed by atoms with Gasteiger partial charge in [-0.25, -0.2) is 4.39 Å². The van der Waals surface area contributed by atoms with Gasteiger partial charge in [-0.15, -0.1) is 12.4 Å². The van der Waals surface area contributed by atoms with Crippen LogP contribution in [-0.4, -0.2) is 18.2 Å². The minimum atomic E-state index is -0.787. The van der Waals surface area contributed by atoms with E-state index >= 15 is 0 Å². The molecule has 96 valence electrons. The number of rotatable bonds is 3. The molecule has 0 bridgehead atoms. The van der Waals surface area contributed by atoms with Gasteiger partial charge >= 0.3 is 5.97 Å². The van der Waals surface area contributed by atoms with E-state index in [9.17, 15) is 14.3 Å². The van der Waals surface area contributed by atoms with Gasteiger partial charge in [0, 0.05) is 11.6 Å². The van der Waals surface area contributed by atoms with Crippen molar-refractivity contribution in [2.45, 2.75) is 12.5 Å². The molecule has 1 aromatic carbocycles. The Bertz CT molecular complexity index is 415. The Morgan fingerprint density at radius 1 is 1.65 bits per heavy atom. The van der Waals surface area contributed by atoms with E-state index in [4.69, 9.17) is 17.3 Å². The average molecular weight is 284 g/mol. The molecule has 0 amide bonds. The van der Waals surface area contributed by atoms with Crippen molar-refractivity contribution in [1.82, 2.24) is 0 Å². The number of hydrogen-bond donors (Lipinski definition) is 2. The zero-order valence-corrected chi connectivity index (χ0v) is 10.5. The second kappa shape index (κ2) is 6.64. The van der Waals surface area contributed by atoms with E-state index in [0.29, 0.717) is 0 Å². The molecule has 0 aliphatic heterocycles. The molecule has 1 atom stereocenters. The lowest BCUT2D eigenvalue weighted by atomic mass is 10.0. The van der Waals surface area contributed by atoms with Crippen LogP contribution >= 0.6 is 24.0 Å². The first-order chi connectivity index (χ1) is 7.47. The maximum Gasteiger partial charge on any atom is 0.307 e. The molecule has 0 saturated heterocycles. The van der Waals surface area contributed by atoms with Gasteiger partial charge in [0.1, 0.15) is 16.6 Å². The molecule has 0 saturated carbocycles. The molecular weight excluding hydrogens is 272 g/mol. The Hall–Kier alpha value is -1.04. The van der Waals surface area contributed by atoms with Crippen LogP contribution in [0.2, 0.25) is 5.02 Å². The van der Waals surface area contributed by atoms with Gasteiger partial charge in [0.15, 0.2) is 0 Å². The molecule has 4 nitrogen and oxygen atoms in total. The molecule has 7 heteroatoms. The van der Waals surface area contributed by atoms with Crippen LogP contribution < -0.4 is 5.73 Å². The van der Waals surface area contributed by atoms with E-state index in [1.165, 1.54) is 13.2 Å². The molecule has 3 N–H and O–H groups in total. The lowest BCUT2D eigenvalue weighted by Crippen LogP contribution is -2.16. The lowest BCUT2D eigenvalue weighted by Gasteiger charge is -2.13. The molecule has 0 heterocycles. The van der Waals surface area contributed by atoms with Gasteiger partial charge in [-0.1, -0.05) is 17.7 Å². The van der Waals surface area contributed by atoms with Crippen molar-refractivity contribution in [3.8, 4) is 5.75 Å². The number of nitrogens with two attached hydrogens (primary N) is 1. The van der Waals surface area contributed by atoms with Crippen molar-refractivity contribution in [3.63, 3.8) is 0 Å². The first-order valence-electron chi connectivity index (χ1n) is 4.46. The van der Waals surface area contributed by atoms with Crippen molar-refractivity contribution >= 4 is 30.0 Å². The highest BCUT2D eigenvalue weighted by atomic mass is 35.5. The minimum absolute atomic E-state index is 0. The summed E-state index contributed by atoms with van der Waals surface area (Å²) in [6.45, 7) is 0. The van der Waals surface area contributed by atoms with E-state index < -0.39 is 28.6 Å². The van der Waals surface area contributed by atoms with Crippen LogP contribution in [0.15, 0.2) is 12.1 Å². The number of phenols is 1. The third-order valence-corrected chi connectivity index (χ3v) is 2.47. The maximum absolute atomic E-state index is 12.9. The van der Waals surface area contributed by atoms with Gasteiger partial charge in [0.05, 0.1) is 13.5 Å². The summed E-state index contributed by atoms with van der Waals surface area (Å²) in [5.74, 6) is -1.71. The molecule has 0 spiro atoms. The number of aromatic hydroxyl groups is 1. The summed E-state index contributed by atoms with van der Waals surface area (Å²) in [6, 6.07) is 1.57. The number of esters is 1. The Morgan fingerprint density at radius 3 is 2.76 bits per heavy atom. The van der Waals surface area contributed by atoms with E-state index in [0.717, 1.165) is 6.07 Å². The van der Waals surface area contributed by atoms with Crippen LogP contribution in [0, 0.1) is 5.82 Å². The quantitative estimate of drug-likeness (QED) is 0.834. The highest BCUT2D eigenvalue weighted by Gasteiger charge is 2.18. The van der Waals surface area contributed by atoms with Crippen molar-refractivity contribution in [2.24, 2.45) is 5.73 Å². The van der Waals surface area contributed by atoms with Gasteiger partial charge in [-0.2, -0.15) is 0 Å². The summed E-state index contributed by atoms with van der Waals surface area (Å²) in [5.41, 5.74) is 5.85. The van der Waals surface area contributed by atoms with Crippen LogP contribution in [0.1, 0.15) is 18.0 Å². The molecule has 0 fully saturated rings. The summed E-state index contributed by atoms with van der Waals surface area (Å²) >= 11 is 5.50. The minimum Gasteiger partial charge on any atom is -0.506 e.